The molecule has 0 bridgehead atoms. The molecule has 30 heavy (non-hydrogen) atoms. The van der Waals surface area contributed by atoms with Crippen LogP contribution in [0, 0.1) is 5.41 Å². The summed E-state index contributed by atoms with van der Waals surface area (Å²) >= 11 is 0. The molecule has 2 N–H and O–H groups in total. The maximum Gasteiger partial charge on any atom is 0.265 e. The van der Waals surface area contributed by atoms with Crippen molar-refractivity contribution in [3.05, 3.63) is 71.8 Å². The Morgan fingerprint density at radius 1 is 1.03 bits per heavy atom. The van der Waals surface area contributed by atoms with Crippen LogP contribution in [0.25, 0.3) is 0 Å². The fraction of sp³-hybridized carbons (Fsp3) is 0.455. The number of hydrogen-bond acceptors (Lipinski definition) is 6. The SMILES string of the molecule is O=S(=O)(O)CC1(CN(Cc2ccccc2)C[C@H](O)COCc2ccccc2)COC1. The maximum absolute atomic E-state index is 11.5. The van der Waals surface area contributed by atoms with Gasteiger partial charge in [-0.3, -0.25) is 9.45 Å². The van der Waals surface area contributed by atoms with Crippen LogP contribution in [0.4, 0.5) is 0 Å². The van der Waals surface area contributed by atoms with E-state index >= 15 is 0 Å². The Bertz CT molecular complexity index is 871. The van der Waals surface area contributed by atoms with Crippen LogP contribution in [0.2, 0.25) is 0 Å². The van der Waals surface area contributed by atoms with Gasteiger partial charge in [0.1, 0.15) is 0 Å². The molecule has 1 aliphatic heterocycles. The van der Waals surface area contributed by atoms with Gasteiger partial charge in [0.05, 0.1) is 38.3 Å². The highest BCUT2D eigenvalue weighted by molar-refractivity contribution is 7.85. The van der Waals surface area contributed by atoms with Crippen molar-refractivity contribution in [1.82, 2.24) is 4.90 Å². The maximum atomic E-state index is 11.5. The molecule has 0 spiro atoms. The molecular weight excluding hydrogens is 406 g/mol. The van der Waals surface area contributed by atoms with E-state index in [1.165, 1.54) is 0 Å². The lowest BCUT2D eigenvalue weighted by Crippen LogP contribution is -2.55. The summed E-state index contributed by atoms with van der Waals surface area (Å²) in [5.41, 5.74) is 1.41. The summed E-state index contributed by atoms with van der Waals surface area (Å²) in [7, 11) is -4.13. The van der Waals surface area contributed by atoms with Crippen molar-refractivity contribution in [3.8, 4) is 0 Å². The van der Waals surface area contributed by atoms with E-state index in [9.17, 15) is 18.1 Å². The number of rotatable bonds is 12. The fourth-order valence-electron chi connectivity index (χ4n) is 3.74. The molecular formula is C22H29NO6S. The second-order valence-corrected chi connectivity index (χ2v) is 9.48. The van der Waals surface area contributed by atoms with E-state index in [0.717, 1.165) is 11.1 Å². The first-order valence-corrected chi connectivity index (χ1v) is 11.5. The van der Waals surface area contributed by atoms with E-state index in [4.69, 9.17) is 9.47 Å². The lowest BCUT2D eigenvalue weighted by molar-refractivity contribution is -0.118. The van der Waals surface area contributed by atoms with Gasteiger partial charge in [-0.05, 0) is 11.1 Å². The Kier molecular flexibility index (Phi) is 7.99. The van der Waals surface area contributed by atoms with Gasteiger partial charge in [0.25, 0.3) is 10.1 Å². The molecule has 0 amide bonds. The minimum absolute atomic E-state index is 0.169. The number of benzene rings is 2. The van der Waals surface area contributed by atoms with Gasteiger partial charge in [0, 0.05) is 25.0 Å². The second-order valence-electron chi connectivity index (χ2n) is 8.03. The molecule has 0 unspecified atom stereocenters. The molecule has 0 aromatic heterocycles. The summed E-state index contributed by atoms with van der Waals surface area (Å²) in [5.74, 6) is -0.355. The highest BCUT2D eigenvalue weighted by Crippen LogP contribution is 2.31. The monoisotopic (exact) mass is 435 g/mol. The molecule has 164 valence electrons. The molecule has 2 aromatic carbocycles. The molecule has 0 saturated carbocycles. The Morgan fingerprint density at radius 3 is 2.17 bits per heavy atom. The van der Waals surface area contributed by atoms with E-state index in [1.54, 1.807) is 0 Å². The summed E-state index contributed by atoms with van der Waals surface area (Å²) in [4.78, 5) is 2.00. The van der Waals surface area contributed by atoms with Gasteiger partial charge in [0.15, 0.2) is 0 Å². The van der Waals surface area contributed by atoms with Crippen LogP contribution in [0.3, 0.4) is 0 Å². The van der Waals surface area contributed by atoms with E-state index < -0.39 is 21.6 Å². The van der Waals surface area contributed by atoms with Crippen molar-refractivity contribution in [2.24, 2.45) is 5.41 Å². The topological polar surface area (TPSA) is 96.3 Å². The Labute approximate surface area is 178 Å². The minimum Gasteiger partial charge on any atom is -0.389 e. The first-order chi connectivity index (χ1) is 14.3. The van der Waals surface area contributed by atoms with Crippen LogP contribution >= 0.6 is 0 Å². The average Bonchev–Trinajstić information content (AvgIpc) is 2.67. The van der Waals surface area contributed by atoms with Crippen molar-refractivity contribution in [3.63, 3.8) is 0 Å². The van der Waals surface area contributed by atoms with Crippen LogP contribution in [0.5, 0.6) is 0 Å². The van der Waals surface area contributed by atoms with E-state index in [-0.39, 0.29) is 25.6 Å². The molecule has 7 nitrogen and oxygen atoms in total. The van der Waals surface area contributed by atoms with Crippen molar-refractivity contribution >= 4 is 10.1 Å². The van der Waals surface area contributed by atoms with Gasteiger partial charge < -0.3 is 14.6 Å². The van der Waals surface area contributed by atoms with Crippen molar-refractivity contribution < 1.29 is 27.6 Å². The smallest absolute Gasteiger partial charge is 0.265 e. The number of hydrogen-bond donors (Lipinski definition) is 2. The summed E-state index contributed by atoms with van der Waals surface area (Å²) in [6, 6.07) is 19.5. The summed E-state index contributed by atoms with van der Waals surface area (Å²) in [6.07, 6.45) is -0.735. The lowest BCUT2D eigenvalue weighted by Gasteiger charge is -2.44. The largest absolute Gasteiger partial charge is 0.389 e. The molecule has 1 aliphatic rings. The van der Waals surface area contributed by atoms with Gasteiger partial charge in [-0.1, -0.05) is 60.7 Å². The van der Waals surface area contributed by atoms with Crippen LogP contribution in [0.15, 0.2) is 60.7 Å². The molecule has 1 saturated heterocycles. The third kappa shape index (κ3) is 7.46. The normalized spacial score (nSPS) is 16.9. The first kappa shape index (κ1) is 22.9. The lowest BCUT2D eigenvalue weighted by atomic mass is 9.87. The predicted octanol–water partition coefficient (Wildman–Crippen LogP) is 1.97. The average molecular weight is 436 g/mol. The molecule has 0 radical (unpaired) electrons. The van der Waals surface area contributed by atoms with Crippen LogP contribution in [-0.2, 0) is 32.7 Å². The van der Waals surface area contributed by atoms with Crippen LogP contribution in [-0.4, -0.2) is 67.7 Å². The highest BCUT2D eigenvalue weighted by atomic mass is 32.2. The zero-order valence-corrected chi connectivity index (χ0v) is 17.7. The molecule has 0 aliphatic carbocycles. The Morgan fingerprint density at radius 2 is 1.63 bits per heavy atom. The Balaban J connectivity index is 1.60. The van der Waals surface area contributed by atoms with Crippen LogP contribution in [0.1, 0.15) is 11.1 Å². The number of ether oxygens (including phenoxy) is 2. The molecule has 2 aromatic rings. The quantitative estimate of drug-likeness (QED) is 0.492. The summed E-state index contributed by atoms with van der Waals surface area (Å²) < 4.78 is 43.2. The molecule has 1 atom stereocenters. The van der Waals surface area contributed by atoms with Crippen molar-refractivity contribution in [2.75, 3.05) is 38.7 Å². The second kappa shape index (κ2) is 10.5. The molecule has 1 fully saturated rings. The van der Waals surface area contributed by atoms with Crippen molar-refractivity contribution in [2.45, 2.75) is 19.3 Å². The molecule has 8 heteroatoms. The first-order valence-electron chi connectivity index (χ1n) is 9.93. The third-order valence-electron chi connectivity index (χ3n) is 5.00. The van der Waals surface area contributed by atoms with Crippen LogP contribution < -0.4 is 0 Å². The van der Waals surface area contributed by atoms with Gasteiger partial charge in [0.2, 0.25) is 0 Å². The fourth-order valence-corrected chi connectivity index (χ4v) is 4.77. The molecule has 1 heterocycles. The minimum atomic E-state index is -4.13. The number of aliphatic hydroxyl groups is 1. The predicted molar refractivity (Wildman–Crippen MR) is 113 cm³/mol. The zero-order chi connectivity index (χ0) is 21.5. The number of aliphatic hydroxyl groups excluding tert-OH is 1. The van der Waals surface area contributed by atoms with E-state index in [0.29, 0.717) is 26.2 Å². The van der Waals surface area contributed by atoms with Gasteiger partial charge in [-0.15, -0.1) is 0 Å². The highest BCUT2D eigenvalue weighted by Gasteiger charge is 2.43. The zero-order valence-electron chi connectivity index (χ0n) is 16.9. The van der Waals surface area contributed by atoms with Gasteiger partial charge in [-0.2, -0.15) is 8.42 Å². The Hall–Kier alpha value is -1.81. The standard InChI is InChI=1S/C22H29NO6S/c24-21(14-28-13-20-9-5-2-6-10-20)12-23(11-19-7-3-1-4-8-19)15-22(16-29-17-22)18-30(25,26)27/h1-10,21,24H,11-18H2,(H,25,26,27)/t21-/m0/s1. The summed E-state index contributed by atoms with van der Waals surface area (Å²) in [5, 5.41) is 10.5. The third-order valence-corrected chi connectivity index (χ3v) is 5.98. The van der Waals surface area contributed by atoms with Gasteiger partial charge in [-0.25, -0.2) is 0 Å². The van der Waals surface area contributed by atoms with Crippen molar-refractivity contribution in [1.29, 1.82) is 0 Å². The van der Waals surface area contributed by atoms with E-state index in [1.807, 2.05) is 65.6 Å². The molecule has 3 rings (SSSR count). The van der Waals surface area contributed by atoms with Gasteiger partial charge >= 0.3 is 0 Å². The van der Waals surface area contributed by atoms with E-state index in [2.05, 4.69) is 0 Å². The number of nitrogens with zero attached hydrogens (tertiary/aromatic N) is 1. The summed E-state index contributed by atoms with van der Waals surface area (Å²) in [6.45, 7) is 2.36.